The standard InChI is InChI=1S/C20H23BrN4O2/c1-4-25-17-8-6-5-7-16(17)23-19(25)13-24(2)20(26)22-12-14-11-15(21)9-10-18(14)27-3/h5-11H,4,12-13H2,1-3H3,(H,22,26). The van der Waals surface area contributed by atoms with Crippen LogP contribution >= 0.6 is 15.9 Å². The number of nitrogens with zero attached hydrogens (tertiary/aromatic N) is 3. The SMILES string of the molecule is CCn1c(CN(C)C(=O)NCc2cc(Br)ccc2OC)nc2ccccc21. The number of aromatic nitrogens is 2. The first-order valence-electron chi connectivity index (χ1n) is 8.79. The fourth-order valence-electron chi connectivity index (χ4n) is 3.07. The second kappa shape index (κ2) is 8.43. The number of urea groups is 1. The lowest BCUT2D eigenvalue weighted by Gasteiger charge is -2.19. The van der Waals surface area contributed by atoms with Gasteiger partial charge in [-0.15, -0.1) is 0 Å². The summed E-state index contributed by atoms with van der Waals surface area (Å²) in [5, 5.41) is 2.94. The van der Waals surface area contributed by atoms with Gasteiger partial charge in [-0.3, -0.25) is 0 Å². The maximum atomic E-state index is 12.5. The van der Waals surface area contributed by atoms with Crippen molar-refractivity contribution < 1.29 is 9.53 Å². The summed E-state index contributed by atoms with van der Waals surface area (Å²) in [6.07, 6.45) is 0. The second-order valence-corrected chi connectivity index (χ2v) is 7.15. The van der Waals surface area contributed by atoms with Gasteiger partial charge in [0, 0.05) is 30.2 Å². The number of carbonyl (C=O) groups excluding carboxylic acids is 1. The number of methoxy groups -OCH3 is 1. The molecule has 0 spiro atoms. The molecule has 3 aromatic rings. The Morgan fingerprint density at radius 3 is 2.81 bits per heavy atom. The molecule has 0 bridgehead atoms. The molecule has 142 valence electrons. The number of fused-ring (bicyclic) bond motifs is 1. The number of benzene rings is 2. The first kappa shape index (κ1) is 19.2. The van der Waals surface area contributed by atoms with Gasteiger partial charge < -0.3 is 19.5 Å². The number of rotatable bonds is 6. The molecule has 2 amide bonds. The zero-order valence-electron chi connectivity index (χ0n) is 15.7. The molecule has 0 fully saturated rings. The van der Waals surface area contributed by atoms with Crippen molar-refractivity contribution in [1.82, 2.24) is 19.8 Å². The number of para-hydroxylation sites is 2. The van der Waals surface area contributed by atoms with Crippen LogP contribution in [0.3, 0.4) is 0 Å². The van der Waals surface area contributed by atoms with Gasteiger partial charge in [-0.05, 0) is 37.3 Å². The van der Waals surface area contributed by atoms with Crippen molar-refractivity contribution in [3.8, 4) is 5.75 Å². The van der Waals surface area contributed by atoms with E-state index >= 15 is 0 Å². The van der Waals surface area contributed by atoms with Gasteiger partial charge in [-0.1, -0.05) is 28.1 Å². The molecule has 0 aliphatic rings. The number of imidazole rings is 1. The van der Waals surface area contributed by atoms with Crippen molar-refractivity contribution in [3.05, 3.63) is 58.3 Å². The van der Waals surface area contributed by atoms with Crippen LogP contribution in [0.5, 0.6) is 5.75 Å². The molecule has 0 aliphatic carbocycles. The minimum atomic E-state index is -0.160. The monoisotopic (exact) mass is 430 g/mol. The Bertz CT molecular complexity index is 954. The Hall–Kier alpha value is -2.54. The number of carbonyl (C=O) groups is 1. The summed E-state index contributed by atoms with van der Waals surface area (Å²) in [5.41, 5.74) is 2.94. The highest BCUT2D eigenvalue weighted by Crippen LogP contribution is 2.23. The summed E-state index contributed by atoms with van der Waals surface area (Å²) in [6.45, 7) is 3.71. The van der Waals surface area contributed by atoms with Crippen LogP contribution in [0, 0.1) is 0 Å². The first-order valence-corrected chi connectivity index (χ1v) is 9.58. The molecule has 1 heterocycles. The van der Waals surface area contributed by atoms with Gasteiger partial charge in [0.2, 0.25) is 0 Å². The minimum absolute atomic E-state index is 0.160. The smallest absolute Gasteiger partial charge is 0.317 e. The highest BCUT2D eigenvalue weighted by molar-refractivity contribution is 9.10. The zero-order valence-corrected chi connectivity index (χ0v) is 17.3. The number of ether oxygens (including phenoxy) is 1. The average Bonchev–Trinajstić information content (AvgIpc) is 3.03. The molecule has 1 N–H and O–H groups in total. The number of hydrogen-bond acceptors (Lipinski definition) is 3. The Morgan fingerprint density at radius 1 is 1.30 bits per heavy atom. The highest BCUT2D eigenvalue weighted by atomic mass is 79.9. The van der Waals surface area contributed by atoms with Gasteiger partial charge in [-0.2, -0.15) is 0 Å². The Balaban J connectivity index is 1.69. The number of hydrogen-bond donors (Lipinski definition) is 1. The highest BCUT2D eigenvalue weighted by Gasteiger charge is 2.15. The van der Waals surface area contributed by atoms with Crippen LogP contribution in [-0.4, -0.2) is 34.6 Å². The van der Waals surface area contributed by atoms with Gasteiger partial charge in [-0.25, -0.2) is 9.78 Å². The van der Waals surface area contributed by atoms with E-state index in [9.17, 15) is 4.79 Å². The van der Waals surface area contributed by atoms with E-state index in [1.54, 1.807) is 19.1 Å². The van der Waals surface area contributed by atoms with Gasteiger partial charge in [0.1, 0.15) is 11.6 Å². The van der Waals surface area contributed by atoms with Crippen molar-refractivity contribution in [2.24, 2.45) is 0 Å². The topological polar surface area (TPSA) is 59.4 Å². The number of nitrogens with one attached hydrogen (secondary N) is 1. The molecule has 2 aromatic carbocycles. The number of amides is 2. The Labute approximate surface area is 167 Å². The fourth-order valence-corrected chi connectivity index (χ4v) is 3.48. The van der Waals surface area contributed by atoms with E-state index in [0.29, 0.717) is 13.1 Å². The molecule has 1 aromatic heterocycles. The van der Waals surface area contributed by atoms with Crippen molar-refractivity contribution in [3.63, 3.8) is 0 Å². The predicted molar refractivity (Wildman–Crippen MR) is 110 cm³/mol. The largest absolute Gasteiger partial charge is 0.496 e. The molecule has 6 nitrogen and oxygen atoms in total. The van der Waals surface area contributed by atoms with E-state index in [1.807, 2.05) is 36.4 Å². The Kier molecular flexibility index (Phi) is 6.01. The van der Waals surface area contributed by atoms with Crippen LogP contribution in [0.15, 0.2) is 46.9 Å². The third-order valence-corrected chi connectivity index (χ3v) is 4.94. The molecule has 7 heteroatoms. The minimum Gasteiger partial charge on any atom is -0.496 e. The molecule has 0 atom stereocenters. The number of halogens is 1. The van der Waals surface area contributed by atoms with Crippen LogP contribution in [0.1, 0.15) is 18.3 Å². The Morgan fingerprint density at radius 2 is 2.07 bits per heavy atom. The van der Waals surface area contributed by atoms with Gasteiger partial charge in [0.15, 0.2) is 0 Å². The maximum absolute atomic E-state index is 12.5. The average molecular weight is 431 g/mol. The van der Waals surface area contributed by atoms with E-state index in [-0.39, 0.29) is 6.03 Å². The van der Waals surface area contributed by atoms with E-state index in [4.69, 9.17) is 4.74 Å². The summed E-state index contributed by atoms with van der Waals surface area (Å²) < 4.78 is 8.43. The predicted octanol–water partition coefficient (Wildman–Crippen LogP) is 4.17. The molecule has 0 unspecified atom stereocenters. The van der Waals surface area contributed by atoms with Crippen molar-refractivity contribution >= 4 is 33.0 Å². The molecule has 0 aliphatic heterocycles. The first-order chi connectivity index (χ1) is 13.0. The van der Waals surface area contributed by atoms with Gasteiger partial charge >= 0.3 is 6.03 Å². The zero-order chi connectivity index (χ0) is 19.4. The third kappa shape index (κ3) is 4.24. The lowest BCUT2D eigenvalue weighted by atomic mass is 10.2. The van der Waals surface area contributed by atoms with E-state index in [1.165, 1.54) is 0 Å². The van der Waals surface area contributed by atoms with Crippen LogP contribution < -0.4 is 10.1 Å². The van der Waals surface area contributed by atoms with Gasteiger partial charge in [0.25, 0.3) is 0 Å². The second-order valence-electron chi connectivity index (χ2n) is 6.23. The maximum Gasteiger partial charge on any atom is 0.317 e. The summed E-state index contributed by atoms with van der Waals surface area (Å²) in [7, 11) is 3.39. The normalized spacial score (nSPS) is 10.8. The van der Waals surface area contributed by atoms with E-state index in [2.05, 4.69) is 43.8 Å². The van der Waals surface area contributed by atoms with E-state index < -0.39 is 0 Å². The summed E-state index contributed by atoms with van der Waals surface area (Å²) in [6, 6.07) is 13.6. The molecular weight excluding hydrogens is 408 g/mol. The fraction of sp³-hybridized carbons (Fsp3) is 0.300. The van der Waals surface area contributed by atoms with Crippen LogP contribution in [0.4, 0.5) is 4.79 Å². The van der Waals surface area contributed by atoms with Gasteiger partial charge in [0.05, 0.1) is 24.7 Å². The summed E-state index contributed by atoms with van der Waals surface area (Å²) in [5.74, 6) is 1.62. The van der Waals surface area contributed by atoms with Crippen LogP contribution in [0.2, 0.25) is 0 Å². The molecule has 3 rings (SSSR count). The van der Waals surface area contributed by atoms with Crippen LogP contribution in [-0.2, 0) is 19.6 Å². The lowest BCUT2D eigenvalue weighted by molar-refractivity contribution is 0.204. The van der Waals surface area contributed by atoms with Crippen molar-refractivity contribution in [2.75, 3.05) is 14.2 Å². The summed E-state index contributed by atoms with van der Waals surface area (Å²) >= 11 is 3.45. The van der Waals surface area contributed by atoms with Crippen LogP contribution in [0.25, 0.3) is 11.0 Å². The lowest BCUT2D eigenvalue weighted by Crippen LogP contribution is -2.37. The third-order valence-electron chi connectivity index (χ3n) is 4.45. The summed E-state index contributed by atoms with van der Waals surface area (Å²) in [4.78, 5) is 18.9. The van der Waals surface area contributed by atoms with Crippen molar-refractivity contribution in [1.29, 1.82) is 0 Å². The number of aryl methyl sites for hydroxylation is 1. The van der Waals surface area contributed by atoms with E-state index in [0.717, 1.165) is 39.2 Å². The molecule has 0 saturated carbocycles. The quantitative estimate of drug-likeness (QED) is 0.638. The molecular formula is C20H23BrN4O2. The molecule has 0 saturated heterocycles. The molecule has 27 heavy (non-hydrogen) atoms. The molecule has 0 radical (unpaired) electrons. The van der Waals surface area contributed by atoms with Crippen molar-refractivity contribution in [2.45, 2.75) is 26.6 Å².